The maximum Gasteiger partial charge on any atom is 0.262 e. The number of hydrogen-bond acceptors (Lipinski definition) is 5. The Morgan fingerprint density at radius 2 is 2.04 bits per heavy atom. The molecule has 1 unspecified atom stereocenters. The number of carbonyl (C=O) groups is 2. The lowest BCUT2D eigenvalue weighted by Crippen LogP contribution is -2.49. The number of fused-ring (bicyclic) bond motifs is 1. The van der Waals surface area contributed by atoms with E-state index >= 15 is 0 Å². The van der Waals surface area contributed by atoms with Crippen LogP contribution in [0.2, 0.25) is 0 Å². The average Bonchev–Trinajstić information content (AvgIpc) is 3.17. The van der Waals surface area contributed by atoms with E-state index in [1.165, 1.54) is 11.3 Å². The van der Waals surface area contributed by atoms with Crippen molar-refractivity contribution in [2.75, 3.05) is 26.7 Å². The molecule has 1 saturated heterocycles. The van der Waals surface area contributed by atoms with Crippen LogP contribution in [0, 0.1) is 12.8 Å². The summed E-state index contributed by atoms with van der Waals surface area (Å²) in [5.41, 5.74) is 0.909. The van der Waals surface area contributed by atoms with Crippen molar-refractivity contribution in [3.05, 3.63) is 16.6 Å². The molecule has 0 aliphatic carbocycles. The van der Waals surface area contributed by atoms with Crippen LogP contribution in [0.25, 0.3) is 10.2 Å². The molecule has 1 aliphatic heterocycles. The largest absolute Gasteiger partial charge is 0.341 e. The van der Waals surface area contributed by atoms with Gasteiger partial charge in [-0.05, 0) is 52.3 Å². The van der Waals surface area contributed by atoms with Gasteiger partial charge in [0.25, 0.3) is 5.91 Å². The van der Waals surface area contributed by atoms with Crippen LogP contribution in [0.3, 0.4) is 0 Å². The van der Waals surface area contributed by atoms with E-state index in [1.54, 1.807) is 11.6 Å². The van der Waals surface area contributed by atoms with Crippen LogP contribution >= 0.6 is 23.7 Å². The third-order valence-electron chi connectivity index (χ3n) is 5.06. The third-order valence-corrected chi connectivity index (χ3v) is 6.26. The van der Waals surface area contributed by atoms with Gasteiger partial charge in [-0.1, -0.05) is 0 Å². The zero-order valence-electron chi connectivity index (χ0n) is 16.2. The molecule has 3 heterocycles. The third kappa shape index (κ3) is 4.62. The van der Waals surface area contributed by atoms with Gasteiger partial charge in [0.2, 0.25) is 5.91 Å². The van der Waals surface area contributed by atoms with Gasteiger partial charge in [0.05, 0.1) is 10.6 Å². The van der Waals surface area contributed by atoms with E-state index in [0.29, 0.717) is 10.8 Å². The van der Waals surface area contributed by atoms with Crippen molar-refractivity contribution in [2.24, 2.45) is 13.0 Å². The highest BCUT2D eigenvalue weighted by Gasteiger charge is 2.27. The fourth-order valence-corrected chi connectivity index (χ4v) is 4.59. The highest BCUT2D eigenvalue weighted by Crippen LogP contribution is 2.27. The van der Waals surface area contributed by atoms with Crippen LogP contribution in [0.1, 0.15) is 35.1 Å². The van der Waals surface area contributed by atoms with E-state index in [4.69, 9.17) is 0 Å². The second-order valence-corrected chi connectivity index (χ2v) is 8.09. The molecule has 9 heteroatoms. The minimum absolute atomic E-state index is 0. The van der Waals surface area contributed by atoms with Crippen molar-refractivity contribution in [2.45, 2.75) is 32.7 Å². The summed E-state index contributed by atoms with van der Waals surface area (Å²) < 4.78 is 1.79. The van der Waals surface area contributed by atoms with Crippen LogP contribution in [-0.2, 0) is 11.8 Å². The average molecular weight is 414 g/mol. The van der Waals surface area contributed by atoms with Crippen LogP contribution in [0.5, 0.6) is 0 Å². The van der Waals surface area contributed by atoms with Crippen molar-refractivity contribution in [1.29, 1.82) is 0 Å². The summed E-state index contributed by atoms with van der Waals surface area (Å²) in [6.45, 7) is 6.22. The molecule has 2 aromatic rings. The maximum absolute atomic E-state index is 12.6. The number of aromatic nitrogens is 2. The van der Waals surface area contributed by atoms with Gasteiger partial charge in [0, 0.05) is 25.5 Å². The Balaban J connectivity index is 0.00000261. The van der Waals surface area contributed by atoms with Gasteiger partial charge in [0.15, 0.2) is 0 Å². The second kappa shape index (κ2) is 9.03. The molecule has 150 valence electrons. The molecule has 1 aliphatic rings. The number of amides is 2. The Bertz CT molecular complexity index is 776. The quantitative estimate of drug-likeness (QED) is 0.785. The molecule has 0 radical (unpaired) electrons. The molecule has 2 amide bonds. The van der Waals surface area contributed by atoms with E-state index < -0.39 is 6.04 Å². The van der Waals surface area contributed by atoms with Crippen molar-refractivity contribution < 1.29 is 9.59 Å². The molecular weight excluding hydrogens is 386 g/mol. The minimum Gasteiger partial charge on any atom is -0.341 e. The van der Waals surface area contributed by atoms with E-state index in [9.17, 15) is 9.59 Å². The first kappa shape index (κ1) is 21.7. The zero-order valence-corrected chi connectivity index (χ0v) is 17.9. The van der Waals surface area contributed by atoms with Gasteiger partial charge >= 0.3 is 0 Å². The Hall–Kier alpha value is -1.64. The highest BCUT2D eigenvalue weighted by atomic mass is 35.5. The summed E-state index contributed by atoms with van der Waals surface area (Å²) in [5.74, 6) is 0.432. The Morgan fingerprint density at radius 3 is 2.63 bits per heavy atom. The zero-order chi connectivity index (χ0) is 18.8. The van der Waals surface area contributed by atoms with Crippen molar-refractivity contribution in [1.82, 2.24) is 25.3 Å². The van der Waals surface area contributed by atoms with E-state index in [0.717, 1.165) is 48.4 Å². The van der Waals surface area contributed by atoms with Gasteiger partial charge in [-0.3, -0.25) is 14.3 Å². The van der Waals surface area contributed by atoms with Gasteiger partial charge in [-0.25, -0.2) is 0 Å². The topological polar surface area (TPSA) is 79.3 Å². The Kier molecular flexibility index (Phi) is 7.25. The first-order chi connectivity index (χ1) is 12.4. The molecule has 2 aromatic heterocycles. The summed E-state index contributed by atoms with van der Waals surface area (Å²) in [6, 6.07) is 1.34. The molecule has 0 bridgehead atoms. The number of hydrogen-bond donors (Lipinski definition) is 2. The Labute approximate surface area is 169 Å². The SMILES string of the molecule is CNCC1CCN(C(=O)C(C)NC(=O)c2cc3c(C)nn(C)c3s2)CC1.Cl. The van der Waals surface area contributed by atoms with E-state index in [2.05, 4.69) is 15.7 Å². The van der Waals surface area contributed by atoms with Crippen molar-refractivity contribution in [3.63, 3.8) is 0 Å². The van der Waals surface area contributed by atoms with Crippen molar-refractivity contribution >= 4 is 45.8 Å². The number of likely N-dealkylation sites (tertiary alicyclic amines) is 1. The lowest BCUT2D eigenvalue weighted by atomic mass is 9.96. The van der Waals surface area contributed by atoms with Crippen LogP contribution in [0.15, 0.2) is 6.07 Å². The summed E-state index contributed by atoms with van der Waals surface area (Å²) >= 11 is 1.40. The number of halogens is 1. The normalized spacial score (nSPS) is 16.2. The van der Waals surface area contributed by atoms with Crippen LogP contribution < -0.4 is 10.6 Å². The molecule has 0 saturated carbocycles. The minimum atomic E-state index is -0.521. The van der Waals surface area contributed by atoms with Gasteiger partial charge in [-0.15, -0.1) is 23.7 Å². The lowest BCUT2D eigenvalue weighted by Gasteiger charge is -2.33. The fraction of sp³-hybridized carbons (Fsp3) is 0.611. The summed E-state index contributed by atoms with van der Waals surface area (Å²) in [6.07, 6.45) is 2.02. The summed E-state index contributed by atoms with van der Waals surface area (Å²) in [4.78, 5) is 28.7. The monoisotopic (exact) mass is 413 g/mol. The van der Waals surface area contributed by atoms with Crippen LogP contribution in [-0.4, -0.2) is 59.2 Å². The first-order valence-corrected chi connectivity index (χ1v) is 9.89. The number of aryl methyl sites for hydroxylation is 2. The molecule has 3 rings (SSSR count). The van der Waals surface area contributed by atoms with E-state index in [-0.39, 0.29) is 24.2 Å². The van der Waals surface area contributed by atoms with Gasteiger partial charge < -0.3 is 15.5 Å². The molecule has 0 spiro atoms. The van der Waals surface area contributed by atoms with Crippen LogP contribution in [0.4, 0.5) is 0 Å². The van der Waals surface area contributed by atoms with Crippen molar-refractivity contribution in [3.8, 4) is 0 Å². The molecule has 2 N–H and O–H groups in total. The number of nitrogens with one attached hydrogen (secondary N) is 2. The molecule has 27 heavy (non-hydrogen) atoms. The lowest BCUT2D eigenvalue weighted by molar-refractivity contribution is -0.134. The number of piperidine rings is 1. The Morgan fingerprint density at radius 1 is 1.37 bits per heavy atom. The van der Waals surface area contributed by atoms with Gasteiger partial charge in [-0.2, -0.15) is 5.10 Å². The molecule has 1 atom stereocenters. The predicted molar refractivity (Wildman–Crippen MR) is 111 cm³/mol. The molecule has 0 aromatic carbocycles. The highest BCUT2D eigenvalue weighted by molar-refractivity contribution is 7.20. The molecule has 7 nitrogen and oxygen atoms in total. The number of thiophene rings is 1. The number of carbonyl (C=O) groups excluding carboxylic acids is 2. The number of rotatable bonds is 5. The summed E-state index contributed by atoms with van der Waals surface area (Å²) in [7, 11) is 3.83. The standard InChI is InChI=1S/C18H27N5O2S.ClH/c1-11-14-9-15(26-18(14)22(4)21-11)16(24)20-12(2)17(25)23-7-5-13(6-8-23)10-19-3;/h9,12-13,19H,5-8,10H2,1-4H3,(H,20,24);1H. The smallest absolute Gasteiger partial charge is 0.262 e. The van der Waals surface area contributed by atoms with E-state index in [1.807, 2.05) is 32.0 Å². The molecule has 1 fully saturated rings. The fourth-order valence-electron chi connectivity index (χ4n) is 3.57. The maximum atomic E-state index is 12.6. The first-order valence-electron chi connectivity index (χ1n) is 9.08. The number of nitrogens with zero attached hydrogens (tertiary/aromatic N) is 3. The summed E-state index contributed by atoms with van der Waals surface area (Å²) in [5, 5.41) is 11.4. The predicted octanol–water partition coefficient (Wildman–Crippen LogP) is 1.94. The van der Waals surface area contributed by atoms with Gasteiger partial charge in [0.1, 0.15) is 10.9 Å². The molecular formula is C18H28ClN5O2S. The second-order valence-electron chi connectivity index (χ2n) is 7.06.